The molecule has 0 aliphatic carbocycles. The van der Waals surface area contributed by atoms with Crippen LogP contribution in [0.5, 0.6) is 0 Å². The van der Waals surface area contributed by atoms with Gasteiger partial charge < -0.3 is 24.2 Å². The molecule has 0 heterocycles. The molecule has 0 rings (SSSR count). The Morgan fingerprint density at radius 1 is 0.453 bits per heavy atom. The van der Waals surface area contributed by atoms with E-state index in [-0.39, 0.29) is 25.9 Å². The second kappa shape index (κ2) is 45.9. The summed E-state index contributed by atoms with van der Waals surface area (Å²) in [5.74, 6) is -1.63. The first kappa shape index (κ1) is 60.4. The molecule has 0 aliphatic heterocycles. The van der Waals surface area contributed by atoms with Crippen LogP contribution >= 0.6 is 7.82 Å². The van der Waals surface area contributed by atoms with Gasteiger partial charge in [-0.25, -0.2) is 4.57 Å². The first-order valence-corrected chi connectivity index (χ1v) is 25.6. The average Bonchev–Trinajstić information content (AvgIpc) is 3.28. The van der Waals surface area contributed by atoms with Gasteiger partial charge >= 0.3 is 25.7 Å². The molecular formula is C52H85O11P. The number of esters is 3. The predicted octanol–water partition coefficient (Wildman–Crippen LogP) is 13.4. The van der Waals surface area contributed by atoms with E-state index in [1.165, 1.54) is 32.1 Å². The summed E-state index contributed by atoms with van der Waals surface area (Å²) >= 11 is 0. The molecule has 0 bridgehead atoms. The van der Waals surface area contributed by atoms with Gasteiger partial charge in [0.25, 0.3) is 0 Å². The zero-order valence-electron chi connectivity index (χ0n) is 39.7. The van der Waals surface area contributed by atoms with Crippen LogP contribution in [-0.2, 0) is 42.2 Å². The quantitative estimate of drug-likeness (QED) is 0.0197. The van der Waals surface area contributed by atoms with E-state index in [1.807, 2.05) is 18.2 Å². The van der Waals surface area contributed by atoms with Crippen molar-refractivity contribution in [2.24, 2.45) is 0 Å². The Hall–Kier alpha value is -3.60. The van der Waals surface area contributed by atoms with Crippen molar-refractivity contribution >= 4 is 25.7 Å². The molecule has 0 saturated heterocycles. The molecule has 0 radical (unpaired) electrons. The number of carbonyl (C=O) groups excluding carboxylic acids is 3. The fourth-order valence-electron chi connectivity index (χ4n) is 5.89. The number of aliphatic hydroxyl groups is 1. The Kier molecular flexibility index (Phi) is 43.4. The first-order valence-electron chi connectivity index (χ1n) is 24.1. The van der Waals surface area contributed by atoms with Gasteiger partial charge in [-0.05, 0) is 83.5 Å². The Morgan fingerprint density at radius 3 is 1.34 bits per heavy atom. The number of phosphoric ester groups is 1. The summed E-state index contributed by atoms with van der Waals surface area (Å²) in [4.78, 5) is 48.1. The van der Waals surface area contributed by atoms with Gasteiger partial charge in [-0.2, -0.15) is 0 Å². The van der Waals surface area contributed by atoms with E-state index in [0.717, 1.165) is 83.5 Å². The molecule has 0 aromatic rings. The molecule has 12 heteroatoms. The summed E-state index contributed by atoms with van der Waals surface area (Å²) in [7, 11) is -4.76. The maximum Gasteiger partial charge on any atom is 0.472 e. The standard InChI is InChI=1S/C52H85O11P/c1-4-7-10-13-16-19-21-23-24-26-27-30-32-35-38-41-50(54)59-45-49(63-52(56)43-40-37-34-31-28-25-22-20-17-14-11-8-5-2)47-61-64(57,58)60-46-48(44-53)62-51(55)42-39-36-33-29-18-15-12-9-6-3/h7-8,10-11,16-17,19-20,23-25,27-28,30,34,37,48-49,53H,4-6,9,12-15,18,21-22,26,29,31-33,35-36,38-47H2,1-3H3,(H,57,58)/b10-7-,11-8-,19-16-,20-17-,24-23-,28-25-,30-27-,37-34-. The van der Waals surface area contributed by atoms with E-state index in [0.29, 0.717) is 19.3 Å². The molecule has 2 N–H and O–H groups in total. The number of rotatable bonds is 43. The number of ether oxygens (including phenoxy) is 3. The summed E-state index contributed by atoms with van der Waals surface area (Å²) in [5.41, 5.74) is 0. The maximum atomic E-state index is 12.8. The second-order valence-corrected chi connectivity index (χ2v) is 17.0. The van der Waals surface area contributed by atoms with Crippen LogP contribution < -0.4 is 0 Å². The Bertz CT molecular complexity index is 1440. The minimum Gasteiger partial charge on any atom is -0.462 e. The SMILES string of the molecule is CC/C=C\C/C=C\C/C=C\C/C=C\CCCCC(=O)OCC(COP(=O)(O)OCC(CO)OC(=O)CCCCCCCCCCC)OC(=O)CC/C=C\C/C=C\C/C=C\C/C=C\CC. The first-order chi connectivity index (χ1) is 31.2. The largest absolute Gasteiger partial charge is 0.472 e. The Labute approximate surface area is 387 Å². The van der Waals surface area contributed by atoms with Crippen LogP contribution in [-0.4, -0.2) is 66.5 Å². The highest BCUT2D eigenvalue weighted by molar-refractivity contribution is 7.47. The summed E-state index contributed by atoms with van der Waals surface area (Å²) in [5, 5.41) is 9.72. The number of carbonyl (C=O) groups is 3. The Morgan fingerprint density at radius 2 is 0.844 bits per heavy atom. The number of hydrogen-bond acceptors (Lipinski definition) is 10. The van der Waals surface area contributed by atoms with Crippen LogP contribution in [0.1, 0.15) is 175 Å². The van der Waals surface area contributed by atoms with Crippen LogP contribution in [0, 0.1) is 0 Å². The molecule has 0 aromatic heterocycles. The molecule has 0 fully saturated rings. The van der Waals surface area contributed by atoms with Crippen molar-refractivity contribution in [3.8, 4) is 0 Å². The van der Waals surface area contributed by atoms with Crippen molar-refractivity contribution in [3.05, 3.63) is 97.2 Å². The van der Waals surface area contributed by atoms with Gasteiger partial charge in [0.15, 0.2) is 6.10 Å². The van der Waals surface area contributed by atoms with Crippen molar-refractivity contribution in [1.29, 1.82) is 0 Å². The van der Waals surface area contributed by atoms with E-state index in [4.69, 9.17) is 23.3 Å². The molecule has 364 valence electrons. The third-order valence-corrected chi connectivity index (χ3v) is 10.5. The molecule has 0 aromatic carbocycles. The highest BCUT2D eigenvalue weighted by Gasteiger charge is 2.28. The number of aliphatic hydroxyl groups excluding tert-OH is 1. The van der Waals surface area contributed by atoms with Gasteiger partial charge in [-0.15, -0.1) is 0 Å². The summed E-state index contributed by atoms with van der Waals surface area (Å²) < 4.78 is 39.1. The van der Waals surface area contributed by atoms with Gasteiger partial charge in [-0.3, -0.25) is 23.4 Å². The molecule has 64 heavy (non-hydrogen) atoms. The molecule has 3 unspecified atom stereocenters. The zero-order chi connectivity index (χ0) is 47.0. The van der Waals surface area contributed by atoms with E-state index in [1.54, 1.807) is 0 Å². The van der Waals surface area contributed by atoms with Gasteiger partial charge in [0.05, 0.1) is 19.8 Å². The second-order valence-electron chi connectivity index (χ2n) is 15.5. The van der Waals surface area contributed by atoms with Gasteiger partial charge in [0, 0.05) is 19.3 Å². The Balaban J connectivity index is 4.93. The molecule has 0 spiro atoms. The lowest BCUT2D eigenvalue weighted by atomic mass is 10.1. The highest BCUT2D eigenvalue weighted by atomic mass is 31.2. The fraction of sp³-hybridized carbons (Fsp3) is 0.635. The predicted molar refractivity (Wildman–Crippen MR) is 260 cm³/mol. The number of phosphoric acid groups is 1. The lowest BCUT2D eigenvalue weighted by molar-refractivity contribution is -0.161. The lowest BCUT2D eigenvalue weighted by Crippen LogP contribution is -2.30. The molecule has 0 saturated carbocycles. The minimum atomic E-state index is -4.76. The summed E-state index contributed by atoms with van der Waals surface area (Å²) in [6.45, 7) is 4.21. The average molecular weight is 917 g/mol. The van der Waals surface area contributed by atoms with E-state index in [9.17, 15) is 28.9 Å². The van der Waals surface area contributed by atoms with Crippen LogP contribution in [0.4, 0.5) is 0 Å². The van der Waals surface area contributed by atoms with E-state index < -0.39 is 57.8 Å². The van der Waals surface area contributed by atoms with Crippen molar-refractivity contribution < 1.29 is 52.2 Å². The normalized spacial score (nSPS) is 14.4. The fourth-order valence-corrected chi connectivity index (χ4v) is 6.67. The van der Waals surface area contributed by atoms with Crippen LogP contribution in [0.3, 0.4) is 0 Å². The van der Waals surface area contributed by atoms with E-state index >= 15 is 0 Å². The summed E-state index contributed by atoms with van der Waals surface area (Å²) in [6, 6.07) is 0. The van der Waals surface area contributed by atoms with Crippen LogP contribution in [0.25, 0.3) is 0 Å². The molecule has 3 atom stereocenters. The van der Waals surface area contributed by atoms with Crippen LogP contribution in [0.2, 0.25) is 0 Å². The van der Waals surface area contributed by atoms with Crippen molar-refractivity contribution in [3.63, 3.8) is 0 Å². The van der Waals surface area contributed by atoms with E-state index in [2.05, 4.69) is 99.8 Å². The maximum absolute atomic E-state index is 12.8. The third-order valence-electron chi connectivity index (χ3n) is 9.52. The smallest absolute Gasteiger partial charge is 0.462 e. The van der Waals surface area contributed by atoms with Crippen molar-refractivity contribution in [1.82, 2.24) is 0 Å². The third kappa shape index (κ3) is 43.6. The van der Waals surface area contributed by atoms with Gasteiger partial charge in [0.1, 0.15) is 12.7 Å². The monoisotopic (exact) mass is 917 g/mol. The van der Waals surface area contributed by atoms with Crippen molar-refractivity contribution in [2.75, 3.05) is 26.4 Å². The topological polar surface area (TPSA) is 155 Å². The number of hydrogen-bond donors (Lipinski definition) is 2. The molecule has 0 aliphatic rings. The number of allylic oxidation sites excluding steroid dienone is 16. The molecular weight excluding hydrogens is 832 g/mol. The van der Waals surface area contributed by atoms with Crippen molar-refractivity contribution in [2.45, 2.75) is 187 Å². The summed E-state index contributed by atoms with van der Waals surface area (Å²) in [6.07, 6.45) is 51.3. The molecule has 11 nitrogen and oxygen atoms in total. The minimum absolute atomic E-state index is 0.0336. The number of unbranched alkanes of at least 4 members (excludes halogenated alkanes) is 10. The highest BCUT2D eigenvalue weighted by Crippen LogP contribution is 2.43. The van der Waals surface area contributed by atoms with Crippen LogP contribution in [0.15, 0.2) is 97.2 Å². The molecule has 0 amide bonds. The zero-order valence-corrected chi connectivity index (χ0v) is 40.6. The van der Waals surface area contributed by atoms with Gasteiger partial charge in [-0.1, -0.05) is 169 Å². The lowest BCUT2D eigenvalue weighted by Gasteiger charge is -2.21. The van der Waals surface area contributed by atoms with Gasteiger partial charge in [0.2, 0.25) is 0 Å².